The van der Waals surface area contributed by atoms with E-state index in [0.29, 0.717) is 18.1 Å². The summed E-state index contributed by atoms with van der Waals surface area (Å²) in [6.07, 6.45) is 3.29. The summed E-state index contributed by atoms with van der Waals surface area (Å²) in [7, 11) is 0. The molecule has 2 heterocycles. The number of nitrogens with zero attached hydrogens (tertiary/aromatic N) is 2. The highest BCUT2D eigenvalue weighted by Crippen LogP contribution is 2.14. The van der Waals surface area contributed by atoms with Crippen LogP contribution >= 0.6 is 0 Å². The molecule has 0 saturated heterocycles. The number of nitrogens with two attached hydrogens (primary N) is 1. The van der Waals surface area contributed by atoms with Crippen molar-refractivity contribution in [3.63, 3.8) is 0 Å². The van der Waals surface area contributed by atoms with Crippen molar-refractivity contribution in [1.82, 2.24) is 9.97 Å². The lowest BCUT2D eigenvalue weighted by molar-refractivity contribution is 0.288. The number of nitrogens with one attached hydrogen (secondary N) is 1. The molecule has 5 heteroatoms. The van der Waals surface area contributed by atoms with Crippen molar-refractivity contribution >= 4 is 5.84 Å². The van der Waals surface area contributed by atoms with E-state index >= 15 is 0 Å². The first kappa shape index (κ1) is 11.1. The van der Waals surface area contributed by atoms with Crippen molar-refractivity contribution in [1.29, 1.82) is 5.41 Å². The van der Waals surface area contributed by atoms with Crippen molar-refractivity contribution in [2.45, 2.75) is 6.61 Å². The standard InChI is InChI=1S/C12H12N4O/c13-11(14)10-5-3-7-16-12(10)17-8-9-4-1-2-6-15-9/h1-7H,8H2,(H3,13,14). The number of rotatable bonds is 4. The van der Waals surface area contributed by atoms with Crippen LogP contribution in [0.3, 0.4) is 0 Å². The molecular formula is C12H12N4O. The van der Waals surface area contributed by atoms with Crippen LogP contribution in [0, 0.1) is 5.41 Å². The fraction of sp³-hybridized carbons (Fsp3) is 0.0833. The Morgan fingerprint density at radius 2 is 2.00 bits per heavy atom. The molecule has 0 aliphatic rings. The van der Waals surface area contributed by atoms with E-state index in [1.807, 2.05) is 18.2 Å². The molecule has 0 aliphatic heterocycles. The maximum absolute atomic E-state index is 7.40. The smallest absolute Gasteiger partial charge is 0.224 e. The molecule has 17 heavy (non-hydrogen) atoms. The maximum atomic E-state index is 7.40. The van der Waals surface area contributed by atoms with Gasteiger partial charge in [0.05, 0.1) is 11.3 Å². The zero-order valence-electron chi connectivity index (χ0n) is 9.13. The van der Waals surface area contributed by atoms with Crippen molar-refractivity contribution in [2.75, 3.05) is 0 Å². The molecule has 0 aliphatic carbocycles. The molecule has 0 aromatic carbocycles. The Kier molecular flexibility index (Phi) is 3.30. The van der Waals surface area contributed by atoms with Gasteiger partial charge in [0, 0.05) is 12.4 Å². The summed E-state index contributed by atoms with van der Waals surface area (Å²) in [5, 5.41) is 7.40. The molecule has 2 aromatic rings. The Balaban J connectivity index is 2.12. The third-order valence-electron chi connectivity index (χ3n) is 2.14. The summed E-state index contributed by atoms with van der Waals surface area (Å²) in [6.45, 7) is 0.304. The van der Waals surface area contributed by atoms with Gasteiger partial charge in [-0.15, -0.1) is 0 Å². The molecule has 3 N–H and O–H groups in total. The van der Waals surface area contributed by atoms with E-state index < -0.39 is 0 Å². The normalized spacial score (nSPS) is 9.88. The van der Waals surface area contributed by atoms with E-state index in [2.05, 4.69) is 9.97 Å². The van der Waals surface area contributed by atoms with Gasteiger partial charge in [0.25, 0.3) is 0 Å². The Bertz CT molecular complexity index is 513. The maximum Gasteiger partial charge on any atom is 0.224 e. The Morgan fingerprint density at radius 1 is 1.18 bits per heavy atom. The van der Waals surface area contributed by atoms with E-state index in [-0.39, 0.29) is 5.84 Å². The number of nitrogen functional groups attached to an aromatic ring is 1. The van der Waals surface area contributed by atoms with Gasteiger partial charge in [-0.05, 0) is 24.3 Å². The Labute approximate surface area is 98.8 Å². The molecule has 0 fully saturated rings. The van der Waals surface area contributed by atoms with E-state index in [0.717, 1.165) is 5.69 Å². The first-order valence-electron chi connectivity index (χ1n) is 5.09. The van der Waals surface area contributed by atoms with Crippen LogP contribution in [0.25, 0.3) is 0 Å². The summed E-state index contributed by atoms with van der Waals surface area (Å²) < 4.78 is 5.49. The number of pyridine rings is 2. The van der Waals surface area contributed by atoms with Gasteiger partial charge in [0.2, 0.25) is 5.88 Å². The van der Waals surface area contributed by atoms with Crippen LogP contribution in [0.1, 0.15) is 11.3 Å². The fourth-order valence-corrected chi connectivity index (χ4v) is 1.34. The summed E-state index contributed by atoms with van der Waals surface area (Å²) in [5.74, 6) is 0.291. The second kappa shape index (κ2) is 5.07. The van der Waals surface area contributed by atoms with Crippen LogP contribution in [0.4, 0.5) is 0 Å². The molecule has 2 rings (SSSR count). The number of hydrogen-bond acceptors (Lipinski definition) is 4. The highest BCUT2D eigenvalue weighted by molar-refractivity contribution is 5.96. The minimum absolute atomic E-state index is 0.0610. The van der Waals surface area contributed by atoms with E-state index in [4.69, 9.17) is 15.9 Å². The van der Waals surface area contributed by atoms with Crippen LogP contribution in [0.15, 0.2) is 42.7 Å². The zero-order valence-corrected chi connectivity index (χ0v) is 9.13. The predicted molar refractivity (Wildman–Crippen MR) is 63.8 cm³/mol. The summed E-state index contributed by atoms with van der Waals surface area (Å²) in [4.78, 5) is 8.17. The van der Waals surface area contributed by atoms with Gasteiger partial charge < -0.3 is 10.5 Å². The average Bonchev–Trinajstić information content (AvgIpc) is 2.38. The van der Waals surface area contributed by atoms with Crippen molar-refractivity contribution in [3.8, 4) is 5.88 Å². The average molecular weight is 228 g/mol. The lowest BCUT2D eigenvalue weighted by Crippen LogP contribution is -2.14. The van der Waals surface area contributed by atoms with Gasteiger partial charge in [-0.3, -0.25) is 10.4 Å². The van der Waals surface area contributed by atoms with Crippen LogP contribution in [0.2, 0.25) is 0 Å². The first-order valence-corrected chi connectivity index (χ1v) is 5.09. The molecule has 2 aromatic heterocycles. The third kappa shape index (κ3) is 2.78. The van der Waals surface area contributed by atoms with Gasteiger partial charge in [0.1, 0.15) is 12.4 Å². The van der Waals surface area contributed by atoms with Crippen molar-refractivity contribution < 1.29 is 4.74 Å². The predicted octanol–water partition coefficient (Wildman–Crippen LogP) is 1.34. The lowest BCUT2D eigenvalue weighted by atomic mass is 10.2. The minimum atomic E-state index is -0.0610. The van der Waals surface area contributed by atoms with Crippen LogP contribution < -0.4 is 10.5 Å². The zero-order chi connectivity index (χ0) is 12.1. The number of ether oxygens (including phenoxy) is 1. The van der Waals surface area contributed by atoms with Crippen LogP contribution in [-0.2, 0) is 6.61 Å². The second-order valence-electron chi connectivity index (χ2n) is 3.38. The molecule has 0 bridgehead atoms. The fourth-order valence-electron chi connectivity index (χ4n) is 1.34. The van der Waals surface area contributed by atoms with Gasteiger partial charge in [-0.25, -0.2) is 4.98 Å². The molecule has 86 valence electrons. The van der Waals surface area contributed by atoms with E-state index in [9.17, 15) is 0 Å². The number of amidine groups is 1. The number of aromatic nitrogens is 2. The SMILES string of the molecule is N=C(N)c1cccnc1OCc1ccccn1. The summed E-state index contributed by atoms with van der Waals surface area (Å²) in [5.41, 5.74) is 6.72. The molecule has 0 amide bonds. The largest absolute Gasteiger partial charge is 0.471 e. The lowest BCUT2D eigenvalue weighted by Gasteiger charge is -2.08. The van der Waals surface area contributed by atoms with Crippen molar-refractivity contribution in [3.05, 3.63) is 54.0 Å². The molecule has 0 unspecified atom stereocenters. The monoisotopic (exact) mass is 228 g/mol. The first-order chi connectivity index (χ1) is 8.27. The Morgan fingerprint density at radius 3 is 2.71 bits per heavy atom. The van der Waals surface area contributed by atoms with Gasteiger partial charge in [-0.1, -0.05) is 6.07 Å². The highest BCUT2D eigenvalue weighted by Gasteiger charge is 2.07. The summed E-state index contributed by atoms with van der Waals surface area (Å²) >= 11 is 0. The van der Waals surface area contributed by atoms with Gasteiger partial charge in [-0.2, -0.15) is 0 Å². The van der Waals surface area contributed by atoms with Crippen molar-refractivity contribution in [2.24, 2.45) is 5.73 Å². The quantitative estimate of drug-likeness (QED) is 0.610. The highest BCUT2D eigenvalue weighted by atomic mass is 16.5. The Hall–Kier alpha value is -2.43. The molecule has 5 nitrogen and oxygen atoms in total. The minimum Gasteiger partial charge on any atom is -0.471 e. The van der Waals surface area contributed by atoms with Gasteiger partial charge >= 0.3 is 0 Å². The second-order valence-corrected chi connectivity index (χ2v) is 3.38. The van der Waals surface area contributed by atoms with E-state index in [1.54, 1.807) is 24.5 Å². The van der Waals surface area contributed by atoms with Crippen LogP contribution in [0.5, 0.6) is 5.88 Å². The van der Waals surface area contributed by atoms with E-state index in [1.165, 1.54) is 0 Å². The third-order valence-corrected chi connectivity index (χ3v) is 2.14. The number of hydrogen-bond donors (Lipinski definition) is 2. The molecular weight excluding hydrogens is 216 g/mol. The van der Waals surface area contributed by atoms with Gasteiger partial charge in [0.15, 0.2) is 0 Å². The molecule has 0 radical (unpaired) electrons. The molecule has 0 saturated carbocycles. The molecule has 0 spiro atoms. The van der Waals surface area contributed by atoms with Crippen LogP contribution in [-0.4, -0.2) is 15.8 Å². The topological polar surface area (TPSA) is 84.9 Å². The summed E-state index contributed by atoms with van der Waals surface area (Å²) in [6, 6.07) is 8.99. The molecule has 0 atom stereocenters.